The minimum Gasteiger partial charge on any atom is -0.394 e. The van der Waals surface area contributed by atoms with Crippen molar-refractivity contribution in [1.29, 1.82) is 0 Å². The van der Waals surface area contributed by atoms with Gasteiger partial charge in [-0.1, -0.05) is 34.6 Å². The molecule has 8 rings (SSSR count). The van der Waals surface area contributed by atoms with Gasteiger partial charge in [0.2, 0.25) is 41.4 Å². The number of aliphatic hydroxyl groups excluding tert-OH is 1. The first-order valence-corrected chi connectivity index (χ1v) is 32.0. The molecule has 27 heteroatoms. The summed E-state index contributed by atoms with van der Waals surface area (Å²) in [6, 6.07) is 2.90. The Labute approximate surface area is 518 Å². The number of aryl methyl sites for hydroxylation is 2. The zero-order chi connectivity index (χ0) is 65.8. The van der Waals surface area contributed by atoms with E-state index in [1.165, 1.54) is 6.92 Å². The molecule has 8 bridgehead atoms. The van der Waals surface area contributed by atoms with E-state index in [9.17, 15) is 48.1 Å². The average molecular weight is 1260 g/mol. The van der Waals surface area contributed by atoms with Crippen LogP contribution in [0.1, 0.15) is 157 Å². The topological polar surface area (TPSA) is 440 Å². The van der Waals surface area contributed by atoms with E-state index in [2.05, 4.69) is 15.6 Å². The number of carbonyl (C=O) groups excluding carboxylic acids is 7. The first kappa shape index (κ1) is 68.0. The number of nitrogens with one attached hydrogen (secondary N) is 2. The van der Waals surface area contributed by atoms with Crippen LogP contribution >= 0.6 is 7.82 Å². The monoisotopic (exact) mass is 1260 g/mol. The van der Waals surface area contributed by atoms with Crippen LogP contribution in [0.2, 0.25) is 0 Å². The third-order valence-corrected chi connectivity index (χ3v) is 21.7. The lowest BCUT2D eigenvalue weighted by Gasteiger charge is -2.48. The Morgan fingerprint density at radius 1 is 0.809 bits per heavy atom. The molecule has 7 heterocycles. The van der Waals surface area contributed by atoms with E-state index >= 15 is 0 Å². The predicted octanol–water partition coefficient (Wildman–Crippen LogP) is 4.19. The molecule has 0 radical (unpaired) electrons. The number of phosphoric acid groups is 1. The number of aliphatic imine (C=N–C) groups is 3. The molecule has 1 aromatic heterocycles. The highest BCUT2D eigenvalue weighted by atomic mass is 31.2. The fraction of sp³-hybridized carbons (Fsp3) is 0.629. The second-order valence-corrected chi connectivity index (χ2v) is 28.3. The van der Waals surface area contributed by atoms with Crippen molar-refractivity contribution in [2.75, 3.05) is 13.2 Å². The smallest absolute Gasteiger partial charge is 0.394 e. The Bertz CT molecular complexity index is 3500. The molecule has 89 heavy (non-hydrogen) atoms. The summed E-state index contributed by atoms with van der Waals surface area (Å²) in [6.07, 6.45) is -0.959. The maximum atomic E-state index is 14.4. The average Bonchev–Trinajstić information content (AvgIpc) is 1.55. The molecule has 26 nitrogen and oxygen atoms in total. The number of amides is 7. The number of fused-ring (bicyclic) bond motifs is 7. The van der Waals surface area contributed by atoms with Crippen molar-refractivity contribution in [3.63, 3.8) is 0 Å². The van der Waals surface area contributed by atoms with Crippen LogP contribution in [0.25, 0.3) is 11.0 Å². The fourth-order valence-corrected chi connectivity index (χ4v) is 16.5. The largest absolute Gasteiger partial charge is 0.472 e. The van der Waals surface area contributed by atoms with Gasteiger partial charge in [0.15, 0.2) is 0 Å². The summed E-state index contributed by atoms with van der Waals surface area (Å²) in [7, 11) is -4.87. The Morgan fingerprint density at radius 2 is 1.42 bits per heavy atom. The SMILES string of the molecule is C/C1=C2N=C(/C=C3\N/C(=C(/C)C4=N[C@](C)(C5N=C1[C@](C)(CCC(=O)NC[C@@H](C)OP(=O)(O)O[C@H]1C[C@@H](n6cnc7cc(C)c(C)cc76)O[C@@H]1CO)[C@H]5CC(N)=O)[C@@](C)(CC(N)=O)[C@@H]4CCC(N)=O)[C@@](C)(CC(N)=O)[C@@H]3CCC(N)=O)C(C)(C)[C@@H]/2CCC(N)=O. The summed E-state index contributed by atoms with van der Waals surface area (Å²) in [5.74, 6) is -7.01. The van der Waals surface area contributed by atoms with E-state index in [-0.39, 0.29) is 83.6 Å². The molecule has 7 amide bonds. The number of primary amides is 6. The zero-order valence-corrected chi connectivity index (χ0v) is 53.8. The Kier molecular flexibility index (Phi) is 19.4. The first-order valence-electron chi connectivity index (χ1n) is 30.5. The number of phosphoric ester groups is 1. The summed E-state index contributed by atoms with van der Waals surface area (Å²) in [6.45, 7) is 19.8. The van der Waals surface area contributed by atoms with Crippen LogP contribution in [-0.2, 0) is 51.9 Å². The standard InChI is InChI=1S/C62H90N13O13P/c1-30-20-40-41(21-31(30)2)75(29-70-40)52-24-42(43(28-76)86-52)88-89(84,85)87-32(3)27-69-51(83)18-19-59(8)38(22-48(66)80)57-62(11)61(10,26-50(68)82)37(14-17-47(65)79)54(74-62)34(5)56-60(9,25-49(67)81)35(12-15-45(63)77)39(71-56)23-44-58(6,7)36(13-16-46(64)78)53(72-44)33(4)55(59)73-57/h20-21,23,29,32,35-38,42-43,52,57,71,76H,12-19,22,24-28H2,1-11H3,(H2,63,77)(H2,64,78)(H2,65,79)(H2,66,80)(H2,67,81)(H2,68,82)(H,69,83)(H,84,85)/b39-23-,53-33-,56-34-/t32-,35-,36-,37-,38+,42+,43-,52+,57?,59-,60+,61+,62-/m1/s1. The lowest BCUT2D eigenvalue weighted by molar-refractivity contribution is -0.124. The van der Waals surface area contributed by atoms with Gasteiger partial charge in [-0.15, -0.1) is 0 Å². The van der Waals surface area contributed by atoms with Crippen LogP contribution in [0, 0.1) is 59.2 Å². The van der Waals surface area contributed by atoms with Crippen molar-refractivity contribution in [2.24, 2.45) is 94.7 Å². The summed E-state index contributed by atoms with van der Waals surface area (Å²) in [5, 5.41) is 16.8. The Balaban J connectivity index is 1.19. The summed E-state index contributed by atoms with van der Waals surface area (Å²) >= 11 is 0. The quantitative estimate of drug-likeness (QED) is 0.0590. The van der Waals surface area contributed by atoms with Crippen molar-refractivity contribution >= 4 is 77.3 Å². The predicted molar refractivity (Wildman–Crippen MR) is 332 cm³/mol. The maximum Gasteiger partial charge on any atom is 0.472 e. The molecule has 1 aromatic carbocycles. The highest BCUT2D eigenvalue weighted by molar-refractivity contribution is 7.47. The number of hydrogen-bond acceptors (Lipinski definition) is 17. The molecule has 486 valence electrons. The number of allylic oxidation sites excluding steroid dienone is 6. The third-order valence-electron chi connectivity index (χ3n) is 20.5. The van der Waals surface area contributed by atoms with Crippen molar-refractivity contribution in [3.8, 4) is 0 Å². The number of aliphatic hydroxyl groups is 1. The lowest BCUT2D eigenvalue weighted by Crippen LogP contribution is -2.56. The van der Waals surface area contributed by atoms with E-state index in [4.69, 9.17) is 63.2 Å². The molecule has 2 unspecified atom stereocenters. The number of imidazole rings is 1. The third kappa shape index (κ3) is 13.2. The molecule has 0 spiro atoms. The molecular weight excluding hydrogens is 1170 g/mol. The van der Waals surface area contributed by atoms with Gasteiger partial charge in [-0.25, -0.2) is 9.55 Å². The summed E-state index contributed by atoms with van der Waals surface area (Å²) < 4.78 is 32.8. The highest BCUT2D eigenvalue weighted by Crippen LogP contribution is 2.63. The second-order valence-electron chi connectivity index (χ2n) is 27.0. The van der Waals surface area contributed by atoms with E-state index in [1.807, 2.05) is 87.4 Å². The maximum absolute atomic E-state index is 14.4. The summed E-state index contributed by atoms with van der Waals surface area (Å²) in [5.41, 5.74) is 38.0. The van der Waals surface area contributed by atoms with Crippen molar-refractivity contribution < 1.29 is 61.9 Å². The van der Waals surface area contributed by atoms with E-state index in [1.54, 1.807) is 10.9 Å². The van der Waals surface area contributed by atoms with Crippen LogP contribution in [0.3, 0.4) is 0 Å². The van der Waals surface area contributed by atoms with Gasteiger partial charge in [-0.2, -0.15) is 0 Å². The summed E-state index contributed by atoms with van der Waals surface area (Å²) in [4.78, 5) is 126. The Hall–Kier alpha value is -6.96. The molecule has 2 fully saturated rings. The number of ether oxygens (including phenoxy) is 1. The number of nitrogens with zero attached hydrogens (tertiary/aromatic N) is 5. The van der Waals surface area contributed by atoms with Gasteiger partial charge in [0, 0.05) is 137 Å². The molecule has 14 atom stereocenters. The molecule has 0 aliphatic carbocycles. The van der Waals surface area contributed by atoms with Crippen LogP contribution in [0.5, 0.6) is 0 Å². The van der Waals surface area contributed by atoms with Gasteiger partial charge in [-0.3, -0.25) is 57.6 Å². The van der Waals surface area contributed by atoms with E-state index in [0.717, 1.165) is 22.2 Å². The Morgan fingerprint density at radius 3 is 2.01 bits per heavy atom. The number of aromatic nitrogens is 2. The molecular formula is C62H90N13O13P. The van der Waals surface area contributed by atoms with Crippen LogP contribution in [0.4, 0.5) is 0 Å². The van der Waals surface area contributed by atoms with Gasteiger partial charge >= 0.3 is 7.82 Å². The van der Waals surface area contributed by atoms with Crippen LogP contribution < -0.4 is 45.0 Å². The molecule has 6 aliphatic heterocycles. The van der Waals surface area contributed by atoms with E-state index < -0.39 is 137 Å². The van der Waals surface area contributed by atoms with Gasteiger partial charge in [-0.05, 0) is 108 Å². The van der Waals surface area contributed by atoms with Crippen LogP contribution in [0.15, 0.2) is 67.8 Å². The number of benzene rings is 1. The molecule has 6 aliphatic rings. The van der Waals surface area contributed by atoms with Gasteiger partial charge in [0.1, 0.15) is 18.4 Å². The minimum absolute atomic E-state index is 0.0185. The highest BCUT2D eigenvalue weighted by Gasteiger charge is 2.66. The number of carbonyl (C=O) groups is 7. The normalized spacial score (nSPS) is 33.6. The number of rotatable bonds is 26. The molecule has 2 aromatic rings. The minimum atomic E-state index is -4.87. The lowest BCUT2D eigenvalue weighted by atomic mass is 9.55. The zero-order valence-electron chi connectivity index (χ0n) is 52.9. The van der Waals surface area contributed by atoms with Gasteiger partial charge < -0.3 is 64.3 Å². The fourth-order valence-electron chi connectivity index (χ4n) is 15.4. The van der Waals surface area contributed by atoms with E-state index in [0.29, 0.717) is 45.4 Å². The van der Waals surface area contributed by atoms with Crippen LogP contribution in [-0.4, -0.2) is 121 Å². The molecule has 0 saturated carbocycles. The van der Waals surface area contributed by atoms with Crippen molar-refractivity contribution in [2.45, 2.75) is 189 Å². The second kappa shape index (κ2) is 25.4. The van der Waals surface area contributed by atoms with Gasteiger partial charge in [0.25, 0.3) is 0 Å². The first-order chi connectivity index (χ1) is 41.4. The number of nitrogens with two attached hydrogens (primary N) is 6. The molecule has 2 saturated heterocycles. The number of hydrogen-bond donors (Lipinski definition) is 10. The van der Waals surface area contributed by atoms with Crippen molar-refractivity contribution in [1.82, 2.24) is 20.2 Å². The van der Waals surface area contributed by atoms with Crippen molar-refractivity contribution in [3.05, 3.63) is 63.9 Å². The molecule has 16 N–H and O–H groups in total. The van der Waals surface area contributed by atoms with Gasteiger partial charge in [0.05, 0.1) is 41.7 Å².